The van der Waals surface area contributed by atoms with Gasteiger partial charge in [-0.15, -0.1) is 0 Å². The molecule has 76 valence electrons. The van der Waals surface area contributed by atoms with Gasteiger partial charge in [0.15, 0.2) is 0 Å². The summed E-state index contributed by atoms with van der Waals surface area (Å²) in [5, 5.41) is 0. The summed E-state index contributed by atoms with van der Waals surface area (Å²) >= 11 is 0. The van der Waals surface area contributed by atoms with Crippen molar-refractivity contribution >= 4 is 0 Å². The van der Waals surface area contributed by atoms with Crippen LogP contribution >= 0.6 is 0 Å². The Balaban J connectivity index is 2.12. The van der Waals surface area contributed by atoms with Crippen LogP contribution in [0.3, 0.4) is 0 Å². The van der Waals surface area contributed by atoms with Gasteiger partial charge in [0, 0.05) is 11.5 Å². The molecule has 0 saturated carbocycles. The average molecular weight is 198 g/mol. The van der Waals surface area contributed by atoms with Crippen molar-refractivity contribution in [1.29, 1.82) is 0 Å². The highest BCUT2D eigenvalue weighted by Crippen LogP contribution is 2.42. The van der Waals surface area contributed by atoms with E-state index in [4.69, 9.17) is 4.74 Å². The highest BCUT2D eigenvalue weighted by Gasteiger charge is 2.31. The molecule has 1 aliphatic heterocycles. The lowest BCUT2D eigenvalue weighted by molar-refractivity contribution is 0.269. The van der Waals surface area contributed by atoms with Crippen LogP contribution in [0.25, 0.3) is 0 Å². The maximum atomic E-state index is 5.98. The molecular formula is C14H14O. The number of rotatable bonds is 0. The molecule has 2 unspecified atom stereocenters. The second-order valence-corrected chi connectivity index (χ2v) is 4.19. The van der Waals surface area contributed by atoms with Gasteiger partial charge in [0.05, 0.1) is 0 Å². The molecule has 0 fully saturated rings. The van der Waals surface area contributed by atoms with Gasteiger partial charge in [-0.1, -0.05) is 36.4 Å². The van der Waals surface area contributed by atoms with Crippen LogP contribution in [0.2, 0.25) is 0 Å². The number of allylic oxidation sites excluding steroid dienone is 2. The van der Waals surface area contributed by atoms with E-state index in [0.29, 0.717) is 5.92 Å². The Bertz CT molecular complexity index is 443. The molecule has 1 aromatic carbocycles. The van der Waals surface area contributed by atoms with E-state index in [1.807, 2.05) is 0 Å². The summed E-state index contributed by atoms with van der Waals surface area (Å²) in [6.45, 7) is 2.11. The van der Waals surface area contributed by atoms with E-state index in [0.717, 1.165) is 12.2 Å². The number of aryl methyl sites for hydroxylation is 1. The van der Waals surface area contributed by atoms with Gasteiger partial charge < -0.3 is 4.74 Å². The van der Waals surface area contributed by atoms with Crippen molar-refractivity contribution in [3.8, 4) is 5.75 Å². The van der Waals surface area contributed by atoms with Gasteiger partial charge in [0.1, 0.15) is 11.9 Å². The van der Waals surface area contributed by atoms with Crippen LogP contribution in [0.4, 0.5) is 0 Å². The van der Waals surface area contributed by atoms with Gasteiger partial charge in [-0.25, -0.2) is 0 Å². The molecule has 0 bridgehead atoms. The van der Waals surface area contributed by atoms with Crippen LogP contribution < -0.4 is 4.74 Å². The van der Waals surface area contributed by atoms with E-state index >= 15 is 0 Å². The molecule has 0 saturated heterocycles. The first-order chi connectivity index (χ1) is 7.36. The Hall–Kier alpha value is -1.50. The van der Waals surface area contributed by atoms with E-state index in [-0.39, 0.29) is 6.10 Å². The third-order valence-electron chi connectivity index (χ3n) is 3.15. The Morgan fingerprint density at radius 3 is 3.00 bits per heavy atom. The van der Waals surface area contributed by atoms with Crippen molar-refractivity contribution in [1.82, 2.24) is 0 Å². The van der Waals surface area contributed by atoms with Gasteiger partial charge in [-0.05, 0) is 25.0 Å². The van der Waals surface area contributed by atoms with Crippen LogP contribution in [0.15, 0.2) is 42.5 Å². The SMILES string of the molecule is Cc1cccc2c1OC1C=CCC=CC21. The number of para-hydroxylation sites is 1. The predicted molar refractivity (Wildman–Crippen MR) is 61.2 cm³/mol. The third-order valence-corrected chi connectivity index (χ3v) is 3.15. The summed E-state index contributed by atoms with van der Waals surface area (Å²) in [6, 6.07) is 6.40. The summed E-state index contributed by atoms with van der Waals surface area (Å²) in [7, 11) is 0. The molecule has 0 N–H and O–H groups in total. The summed E-state index contributed by atoms with van der Waals surface area (Å²) in [6.07, 6.45) is 10.1. The predicted octanol–water partition coefficient (Wildman–Crippen LogP) is 3.36. The third kappa shape index (κ3) is 1.30. The van der Waals surface area contributed by atoms with Crippen LogP contribution in [0, 0.1) is 6.92 Å². The molecule has 1 nitrogen and oxygen atoms in total. The second kappa shape index (κ2) is 3.27. The molecule has 1 heterocycles. The monoisotopic (exact) mass is 198 g/mol. The quantitative estimate of drug-likeness (QED) is 0.581. The molecule has 0 radical (unpaired) electrons. The fourth-order valence-electron chi connectivity index (χ4n) is 2.37. The minimum absolute atomic E-state index is 0.208. The fraction of sp³-hybridized carbons (Fsp3) is 0.286. The Labute approximate surface area is 90.1 Å². The van der Waals surface area contributed by atoms with Crippen molar-refractivity contribution in [3.63, 3.8) is 0 Å². The molecular weight excluding hydrogens is 184 g/mol. The fourth-order valence-corrected chi connectivity index (χ4v) is 2.37. The number of hydrogen-bond acceptors (Lipinski definition) is 1. The van der Waals surface area contributed by atoms with Gasteiger partial charge >= 0.3 is 0 Å². The lowest BCUT2D eigenvalue weighted by Gasteiger charge is -2.09. The van der Waals surface area contributed by atoms with Crippen molar-refractivity contribution in [2.24, 2.45) is 0 Å². The molecule has 1 aromatic rings. The summed E-state index contributed by atoms with van der Waals surface area (Å²) < 4.78 is 5.98. The minimum Gasteiger partial charge on any atom is -0.485 e. The van der Waals surface area contributed by atoms with Crippen molar-refractivity contribution in [3.05, 3.63) is 53.6 Å². The number of ether oxygens (including phenoxy) is 1. The van der Waals surface area contributed by atoms with Crippen LogP contribution in [0.1, 0.15) is 23.5 Å². The first kappa shape index (κ1) is 8.78. The normalized spacial score (nSPS) is 26.7. The van der Waals surface area contributed by atoms with Crippen LogP contribution in [-0.4, -0.2) is 6.10 Å². The van der Waals surface area contributed by atoms with Crippen molar-refractivity contribution in [2.45, 2.75) is 25.4 Å². The average Bonchev–Trinajstić information content (AvgIpc) is 2.45. The van der Waals surface area contributed by atoms with E-state index in [1.165, 1.54) is 11.1 Å². The maximum absolute atomic E-state index is 5.98. The smallest absolute Gasteiger partial charge is 0.127 e. The number of hydrogen-bond donors (Lipinski definition) is 0. The zero-order valence-corrected chi connectivity index (χ0v) is 8.81. The van der Waals surface area contributed by atoms with Crippen molar-refractivity contribution < 1.29 is 4.74 Å². The highest BCUT2D eigenvalue weighted by molar-refractivity contribution is 5.49. The molecule has 1 aliphatic carbocycles. The van der Waals surface area contributed by atoms with Crippen LogP contribution in [0.5, 0.6) is 5.75 Å². The standard InChI is InChI=1S/C14H14O/c1-10-6-5-8-12-11-7-3-2-4-9-13(11)15-14(10)12/h3-9,11,13H,2H2,1H3. The van der Waals surface area contributed by atoms with Gasteiger partial charge in [0.25, 0.3) is 0 Å². The Kier molecular flexibility index (Phi) is 1.91. The molecule has 0 amide bonds. The second-order valence-electron chi connectivity index (χ2n) is 4.19. The summed E-state index contributed by atoms with van der Waals surface area (Å²) in [5.74, 6) is 1.50. The molecule has 2 aliphatic rings. The lowest BCUT2D eigenvalue weighted by Crippen LogP contribution is -2.13. The van der Waals surface area contributed by atoms with Gasteiger partial charge in [-0.3, -0.25) is 0 Å². The topological polar surface area (TPSA) is 9.23 Å². The van der Waals surface area contributed by atoms with E-state index in [1.54, 1.807) is 0 Å². The maximum Gasteiger partial charge on any atom is 0.127 e. The molecule has 0 aromatic heterocycles. The largest absolute Gasteiger partial charge is 0.485 e. The molecule has 3 rings (SSSR count). The molecule has 2 atom stereocenters. The van der Waals surface area contributed by atoms with Gasteiger partial charge in [-0.2, -0.15) is 0 Å². The van der Waals surface area contributed by atoms with Crippen LogP contribution in [-0.2, 0) is 0 Å². The minimum atomic E-state index is 0.208. The van der Waals surface area contributed by atoms with Gasteiger partial charge in [0.2, 0.25) is 0 Å². The van der Waals surface area contributed by atoms with E-state index in [2.05, 4.69) is 49.4 Å². The number of fused-ring (bicyclic) bond motifs is 3. The lowest BCUT2D eigenvalue weighted by atomic mass is 9.94. The van der Waals surface area contributed by atoms with E-state index in [9.17, 15) is 0 Å². The Morgan fingerprint density at radius 1 is 1.20 bits per heavy atom. The first-order valence-corrected chi connectivity index (χ1v) is 5.46. The first-order valence-electron chi connectivity index (χ1n) is 5.46. The molecule has 1 heteroatoms. The summed E-state index contributed by atoms with van der Waals surface area (Å²) in [4.78, 5) is 0. The molecule has 0 spiro atoms. The zero-order valence-electron chi connectivity index (χ0n) is 8.81. The van der Waals surface area contributed by atoms with E-state index < -0.39 is 0 Å². The number of benzene rings is 1. The summed E-state index contributed by atoms with van der Waals surface area (Å²) in [5.41, 5.74) is 2.57. The van der Waals surface area contributed by atoms with Crippen molar-refractivity contribution in [2.75, 3.05) is 0 Å². The zero-order chi connectivity index (χ0) is 10.3. The molecule has 15 heavy (non-hydrogen) atoms. The Morgan fingerprint density at radius 2 is 2.07 bits per heavy atom. The highest BCUT2D eigenvalue weighted by atomic mass is 16.5.